The quantitative estimate of drug-likeness (QED) is 0.572. The van der Waals surface area contributed by atoms with Crippen molar-refractivity contribution in [3.05, 3.63) is 59.7 Å². The first-order valence-corrected chi connectivity index (χ1v) is 13.0. The molecule has 0 saturated carbocycles. The zero-order valence-electron chi connectivity index (χ0n) is 21.1. The molecule has 3 amide bonds. The van der Waals surface area contributed by atoms with E-state index in [2.05, 4.69) is 22.8 Å². The number of β-amino-alcohol motifs (C(OH)–C–C–N with tert-alkyl or cyclic N) is 1. The summed E-state index contributed by atoms with van der Waals surface area (Å²) in [5.41, 5.74) is 3.23. The summed E-state index contributed by atoms with van der Waals surface area (Å²) in [5, 5.41) is 16.5. The number of fused-ring (bicyclic) bond motifs is 2. The third kappa shape index (κ3) is 6.23. The predicted octanol–water partition coefficient (Wildman–Crippen LogP) is 2.51. The van der Waals surface area contributed by atoms with E-state index < -0.39 is 6.10 Å². The highest BCUT2D eigenvalue weighted by Crippen LogP contribution is 2.29. The van der Waals surface area contributed by atoms with Gasteiger partial charge in [-0.05, 0) is 61.1 Å². The fourth-order valence-corrected chi connectivity index (χ4v) is 5.60. The van der Waals surface area contributed by atoms with Gasteiger partial charge in [0.1, 0.15) is 11.9 Å². The average Bonchev–Trinajstić information content (AvgIpc) is 3.29. The molecule has 0 bridgehead atoms. The van der Waals surface area contributed by atoms with E-state index in [1.807, 2.05) is 12.1 Å². The third-order valence-electron chi connectivity index (χ3n) is 7.41. The molecule has 0 unspecified atom stereocenters. The first-order chi connectivity index (χ1) is 18.0. The number of hydrogen-bond donors (Lipinski definition) is 3. The number of carbonyl (C=O) groups is 2. The number of aliphatic hydroxyl groups excluding tert-OH is 1. The van der Waals surface area contributed by atoms with E-state index in [1.54, 1.807) is 36.3 Å². The summed E-state index contributed by atoms with van der Waals surface area (Å²) < 4.78 is 17.2. The lowest BCUT2D eigenvalue weighted by Gasteiger charge is -2.44. The molecule has 37 heavy (non-hydrogen) atoms. The molecular weight excluding hydrogens is 474 g/mol. The van der Waals surface area contributed by atoms with Crippen molar-refractivity contribution in [1.29, 1.82) is 0 Å². The van der Waals surface area contributed by atoms with Crippen LogP contribution in [0.25, 0.3) is 0 Å². The van der Waals surface area contributed by atoms with Crippen molar-refractivity contribution in [3.63, 3.8) is 0 Å². The molecule has 4 atom stereocenters. The number of rotatable bonds is 5. The lowest BCUT2D eigenvalue weighted by molar-refractivity contribution is -0.150. The van der Waals surface area contributed by atoms with Crippen LogP contribution in [0.4, 0.5) is 10.5 Å². The minimum atomic E-state index is -0.790. The van der Waals surface area contributed by atoms with Gasteiger partial charge in [0.15, 0.2) is 0 Å². The molecular formula is C28H35N3O6. The van der Waals surface area contributed by atoms with Crippen LogP contribution in [0, 0.1) is 0 Å². The molecule has 5 rings (SSSR count). The highest BCUT2D eigenvalue weighted by Gasteiger charge is 2.40. The van der Waals surface area contributed by atoms with Crippen LogP contribution in [-0.4, -0.2) is 79.2 Å². The van der Waals surface area contributed by atoms with Crippen LogP contribution < -0.4 is 15.4 Å². The second-order valence-corrected chi connectivity index (χ2v) is 10.1. The number of carbonyl (C=O) groups excluding carboxylic acids is 2. The van der Waals surface area contributed by atoms with Crippen LogP contribution in [-0.2, 0) is 27.1 Å². The van der Waals surface area contributed by atoms with Gasteiger partial charge in [0, 0.05) is 11.7 Å². The molecule has 2 heterocycles. The van der Waals surface area contributed by atoms with Crippen molar-refractivity contribution < 1.29 is 28.9 Å². The van der Waals surface area contributed by atoms with Crippen molar-refractivity contribution in [2.45, 2.75) is 62.5 Å². The first-order valence-electron chi connectivity index (χ1n) is 13.0. The van der Waals surface area contributed by atoms with Gasteiger partial charge < -0.3 is 34.9 Å². The van der Waals surface area contributed by atoms with Crippen LogP contribution in [0.5, 0.6) is 5.75 Å². The topological polar surface area (TPSA) is 109 Å². The molecule has 0 radical (unpaired) electrons. The Bertz CT molecular complexity index is 1070. The predicted molar refractivity (Wildman–Crippen MR) is 138 cm³/mol. The molecule has 0 spiro atoms. The van der Waals surface area contributed by atoms with Crippen molar-refractivity contribution >= 4 is 17.6 Å². The molecule has 2 fully saturated rings. The smallest absolute Gasteiger partial charge is 0.322 e. The van der Waals surface area contributed by atoms with Gasteiger partial charge in [-0.15, -0.1) is 0 Å². The Hall–Kier alpha value is -3.14. The molecule has 3 aliphatic rings. The number of amides is 3. The number of nitrogens with one attached hydrogen (secondary N) is 2. The Balaban J connectivity index is 1.18. The zero-order valence-corrected chi connectivity index (χ0v) is 21.1. The van der Waals surface area contributed by atoms with E-state index in [9.17, 15) is 14.7 Å². The maximum absolute atomic E-state index is 13.2. The van der Waals surface area contributed by atoms with Gasteiger partial charge >= 0.3 is 6.03 Å². The number of benzene rings is 2. The van der Waals surface area contributed by atoms with Gasteiger partial charge in [-0.25, -0.2) is 4.79 Å². The Kier molecular flexibility index (Phi) is 7.93. The summed E-state index contributed by atoms with van der Waals surface area (Å²) in [5.74, 6) is 0.683. The number of hydrogen-bond acceptors (Lipinski definition) is 6. The second-order valence-electron chi connectivity index (χ2n) is 10.1. The van der Waals surface area contributed by atoms with E-state index in [-0.39, 0.29) is 62.4 Å². The lowest BCUT2D eigenvalue weighted by atomic mass is 9.95. The van der Waals surface area contributed by atoms with Gasteiger partial charge in [0.05, 0.1) is 51.5 Å². The van der Waals surface area contributed by atoms with Gasteiger partial charge in [-0.2, -0.15) is 0 Å². The van der Waals surface area contributed by atoms with Crippen LogP contribution in [0.15, 0.2) is 48.5 Å². The van der Waals surface area contributed by atoms with Gasteiger partial charge in [0.2, 0.25) is 5.91 Å². The van der Waals surface area contributed by atoms with Crippen molar-refractivity contribution in [3.8, 4) is 5.75 Å². The average molecular weight is 510 g/mol. The largest absolute Gasteiger partial charge is 0.497 e. The highest BCUT2D eigenvalue weighted by molar-refractivity contribution is 5.89. The highest BCUT2D eigenvalue weighted by atomic mass is 16.5. The number of anilines is 1. The van der Waals surface area contributed by atoms with Crippen LogP contribution >= 0.6 is 0 Å². The van der Waals surface area contributed by atoms with Crippen LogP contribution in [0.3, 0.4) is 0 Å². The van der Waals surface area contributed by atoms with Crippen LogP contribution in [0.2, 0.25) is 0 Å². The van der Waals surface area contributed by atoms with E-state index in [4.69, 9.17) is 14.2 Å². The van der Waals surface area contributed by atoms with E-state index >= 15 is 0 Å². The fraction of sp³-hybridized carbons (Fsp3) is 0.500. The molecule has 2 aromatic carbocycles. The Labute approximate surface area is 217 Å². The van der Waals surface area contributed by atoms with Gasteiger partial charge in [0.25, 0.3) is 0 Å². The first kappa shape index (κ1) is 25.5. The Morgan fingerprint density at radius 2 is 1.78 bits per heavy atom. The van der Waals surface area contributed by atoms with Crippen LogP contribution in [0.1, 0.15) is 30.4 Å². The number of methoxy groups -OCH3 is 1. The molecule has 9 nitrogen and oxygen atoms in total. The third-order valence-corrected chi connectivity index (χ3v) is 7.41. The second kappa shape index (κ2) is 11.5. The maximum atomic E-state index is 13.2. The monoisotopic (exact) mass is 509 g/mol. The molecule has 2 aliphatic heterocycles. The summed E-state index contributed by atoms with van der Waals surface area (Å²) in [7, 11) is 1.59. The summed E-state index contributed by atoms with van der Waals surface area (Å²) in [6.07, 6.45) is 1.86. The zero-order chi connectivity index (χ0) is 25.8. The molecule has 2 saturated heterocycles. The standard InChI is InChI=1S/C28H35N3O6/c1-35-23-8-6-20(7-9-23)30-28(34)31-15-22(32)16-36-17-26-25(31)11-10-24(37-26)14-27(33)29-21-12-18-4-2-3-5-19(18)13-21/h2-9,21-22,24-26,32H,10-17H2,1H3,(H,29,33)(H,30,34)/t22-,24-,25-,26+/m1/s1. The number of urea groups is 1. The summed E-state index contributed by atoms with van der Waals surface area (Å²) in [4.78, 5) is 27.7. The molecule has 198 valence electrons. The fourth-order valence-electron chi connectivity index (χ4n) is 5.60. The summed E-state index contributed by atoms with van der Waals surface area (Å²) in [6.45, 7) is 0.510. The number of ether oxygens (including phenoxy) is 3. The minimum Gasteiger partial charge on any atom is -0.497 e. The molecule has 2 aromatic rings. The Morgan fingerprint density at radius 3 is 2.49 bits per heavy atom. The molecule has 0 aromatic heterocycles. The SMILES string of the molecule is COc1ccc(NC(=O)N2C[C@@H](O)COC[C@@H]3O[C@@H](CC(=O)NC4Cc5ccccc5C4)CC[C@H]32)cc1. The van der Waals surface area contributed by atoms with Crippen molar-refractivity contribution in [2.24, 2.45) is 0 Å². The number of nitrogens with zero attached hydrogens (tertiary/aromatic N) is 1. The molecule has 3 N–H and O–H groups in total. The van der Waals surface area contributed by atoms with E-state index in [0.29, 0.717) is 24.3 Å². The van der Waals surface area contributed by atoms with Crippen molar-refractivity contribution in [2.75, 3.05) is 32.2 Å². The van der Waals surface area contributed by atoms with E-state index in [1.165, 1.54) is 11.1 Å². The molecule has 9 heteroatoms. The Morgan fingerprint density at radius 1 is 1.05 bits per heavy atom. The summed E-state index contributed by atoms with van der Waals surface area (Å²) in [6, 6.07) is 14.9. The minimum absolute atomic E-state index is 0.0162. The van der Waals surface area contributed by atoms with Gasteiger partial charge in [-0.3, -0.25) is 4.79 Å². The lowest BCUT2D eigenvalue weighted by Crippen LogP contribution is -2.58. The van der Waals surface area contributed by atoms with E-state index in [0.717, 1.165) is 12.8 Å². The maximum Gasteiger partial charge on any atom is 0.322 e. The van der Waals surface area contributed by atoms with Crippen molar-refractivity contribution in [1.82, 2.24) is 10.2 Å². The van der Waals surface area contributed by atoms with Gasteiger partial charge in [-0.1, -0.05) is 24.3 Å². The normalized spacial score (nSPS) is 25.8. The number of aliphatic hydroxyl groups is 1. The summed E-state index contributed by atoms with van der Waals surface area (Å²) >= 11 is 0. The molecule has 1 aliphatic carbocycles.